The van der Waals surface area contributed by atoms with Crippen LogP contribution in [0.3, 0.4) is 0 Å². The molecule has 6 heteroatoms. The summed E-state index contributed by atoms with van der Waals surface area (Å²) < 4.78 is 11.6. The zero-order valence-electron chi connectivity index (χ0n) is 15.7. The molecule has 0 radical (unpaired) electrons. The number of benzene rings is 2. The van der Waals surface area contributed by atoms with Crippen LogP contribution in [0.5, 0.6) is 0 Å². The van der Waals surface area contributed by atoms with E-state index in [0.717, 1.165) is 15.6 Å². The number of nitrogens with one attached hydrogen (secondary N) is 1. The van der Waals surface area contributed by atoms with E-state index < -0.39 is 23.7 Å². The van der Waals surface area contributed by atoms with Gasteiger partial charge in [-0.05, 0) is 44.0 Å². The SMILES string of the molecule is CC(C)(C)OC(=O)N[C@@H](Cc1ccc(Br)cc1)C(=O)OCc1ccccc1. The molecule has 144 valence electrons. The van der Waals surface area contributed by atoms with Crippen LogP contribution in [-0.4, -0.2) is 23.7 Å². The summed E-state index contributed by atoms with van der Waals surface area (Å²) in [6.45, 7) is 5.45. The monoisotopic (exact) mass is 433 g/mol. The summed E-state index contributed by atoms with van der Waals surface area (Å²) in [4.78, 5) is 24.7. The van der Waals surface area contributed by atoms with Crippen molar-refractivity contribution >= 4 is 28.0 Å². The van der Waals surface area contributed by atoms with Gasteiger partial charge in [-0.25, -0.2) is 9.59 Å². The van der Waals surface area contributed by atoms with Crippen molar-refractivity contribution in [3.8, 4) is 0 Å². The molecular formula is C21H24BrNO4. The zero-order chi connectivity index (χ0) is 19.9. The molecule has 0 fully saturated rings. The minimum Gasteiger partial charge on any atom is -0.459 e. The van der Waals surface area contributed by atoms with Crippen LogP contribution in [0.15, 0.2) is 59.1 Å². The molecule has 27 heavy (non-hydrogen) atoms. The third-order valence-corrected chi connectivity index (χ3v) is 4.08. The van der Waals surface area contributed by atoms with Gasteiger partial charge in [0.15, 0.2) is 0 Å². The quantitative estimate of drug-likeness (QED) is 0.674. The third kappa shape index (κ3) is 7.83. The number of ether oxygens (including phenoxy) is 2. The van der Waals surface area contributed by atoms with Crippen LogP contribution in [-0.2, 0) is 27.3 Å². The maximum atomic E-state index is 12.6. The van der Waals surface area contributed by atoms with E-state index in [0.29, 0.717) is 6.42 Å². The molecule has 2 rings (SSSR count). The van der Waals surface area contributed by atoms with Crippen molar-refractivity contribution in [2.45, 2.75) is 45.4 Å². The molecule has 2 aromatic rings. The highest BCUT2D eigenvalue weighted by Crippen LogP contribution is 2.14. The Morgan fingerprint density at radius 2 is 1.63 bits per heavy atom. The lowest BCUT2D eigenvalue weighted by Gasteiger charge is -2.23. The molecular weight excluding hydrogens is 410 g/mol. The molecule has 5 nitrogen and oxygen atoms in total. The summed E-state index contributed by atoms with van der Waals surface area (Å²) in [5, 5.41) is 2.63. The summed E-state index contributed by atoms with van der Waals surface area (Å²) in [7, 11) is 0. The summed E-state index contributed by atoms with van der Waals surface area (Å²) in [6.07, 6.45) is -0.346. The van der Waals surface area contributed by atoms with Crippen LogP contribution in [0.25, 0.3) is 0 Å². The van der Waals surface area contributed by atoms with Crippen LogP contribution in [0.4, 0.5) is 4.79 Å². The number of hydrogen-bond acceptors (Lipinski definition) is 4. The molecule has 0 saturated heterocycles. The van der Waals surface area contributed by atoms with Gasteiger partial charge in [0.05, 0.1) is 0 Å². The first-order valence-corrected chi connectivity index (χ1v) is 9.47. The lowest BCUT2D eigenvalue weighted by atomic mass is 10.1. The Kier molecular flexibility index (Phi) is 7.42. The van der Waals surface area contributed by atoms with Crippen LogP contribution in [0.1, 0.15) is 31.9 Å². The van der Waals surface area contributed by atoms with E-state index in [1.165, 1.54) is 0 Å². The Bertz CT molecular complexity index is 754. The van der Waals surface area contributed by atoms with E-state index in [1.807, 2.05) is 54.6 Å². The Balaban J connectivity index is 2.06. The largest absolute Gasteiger partial charge is 0.459 e. The second-order valence-electron chi connectivity index (χ2n) is 7.12. The van der Waals surface area contributed by atoms with Crippen LogP contribution >= 0.6 is 15.9 Å². The van der Waals surface area contributed by atoms with Gasteiger partial charge in [-0.3, -0.25) is 0 Å². The molecule has 0 aliphatic carbocycles. The first-order chi connectivity index (χ1) is 12.7. The highest BCUT2D eigenvalue weighted by atomic mass is 79.9. The molecule has 0 spiro atoms. The van der Waals surface area contributed by atoms with E-state index in [1.54, 1.807) is 20.8 Å². The zero-order valence-corrected chi connectivity index (χ0v) is 17.3. The first kappa shape index (κ1) is 21.0. The molecule has 0 aromatic heterocycles. The highest BCUT2D eigenvalue weighted by Gasteiger charge is 2.26. The summed E-state index contributed by atoms with van der Waals surface area (Å²) in [5.41, 5.74) is 1.13. The van der Waals surface area contributed by atoms with Crippen LogP contribution < -0.4 is 5.32 Å². The molecule has 0 aliphatic rings. The van der Waals surface area contributed by atoms with Crippen molar-refractivity contribution < 1.29 is 19.1 Å². The highest BCUT2D eigenvalue weighted by molar-refractivity contribution is 9.10. The lowest BCUT2D eigenvalue weighted by molar-refractivity contribution is -0.147. The standard InChI is InChI=1S/C21H24BrNO4/c1-21(2,3)27-20(25)23-18(13-15-9-11-17(22)12-10-15)19(24)26-14-16-7-5-4-6-8-16/h4-12,18H,13-14H2,1-3H3,(H,23,25)/t18-/m0/s1. The smallest absolute Gasteiger partial charge is 0.408 e. The number of carbonyl (C=O) groups excluding carboxylic acids is 2. The molecule has 0 bridgehead atoms. The van der Waals surface area contributed by atoms with Crippen molar-refractivity contribution in [3.05, 3.63) is 70.2 Å². The topological polar surface area (TPSA) is 64.6 Å². The normalized spacial score (nSPS) is 12.1. The first-order valence-electron chi connectivity index (χ1n) is 8.67. The molecule has 1 atom stereocenters. The van der Waals surface area contributed by atoms with Gasteiger partial charge in [0.25, 0.3) is 0 Å². The average Bonchev–Trinajstić information content (AvgIpc) is 2.60. The Morgan fingerprint density at radius 1 is 1.00 bits per heavy atom. The molecule has 1 amide bonds. The van der Waals surface area contributed by atoms with Gasteiger partial charge in [-0.15, -0.1) is 0 Å². The van der Waals surface area contributed by atoms with Crippen molar-refractivity contribution in [2.24, 2.45) is 0 Å². The molecule has 1 N–H and O–H groups in total. The predicted octanol–water partition coefficient (Wildman–Crippen LogP) is 4.63. The van der Waals surface area contributed by atoms with Crippen molar-refractivity contribution in [1.82, 2.24) is 5.32 Å². The fourth-order valence-corrected chi connectivity index (χ4v) is 2.59. The predicted molar refractivity (Wildman–Crippen MR) is 107 cm³/mol. The van der Waals surface area contributed by atoms with E-state index in [-0.39, 0.29) is 6.61 Å². The second kappa shape index (κ2) is 9.55. The van der Waals surface area contributed by atoms with Gasteiger partial charge in [-0.1, -0.05) is 58.4 Å². The minimum absolute atomic E-state index is 0.145. The Hall–Kier alpha value is -2.34. The van der Waals surface area contributed by atoms with Gasteiger partial charge in [0, 0.05) is 10.9 Å². The number of hydrogen-bond donors (Lipinski definition) is 1. The van der Waals surface area contributed by atoms with Gasteiger partial charge in [0.1, 0.15) is 18.2 Å². The number of amides is 1. The summed E-state index contributed by atoms with van der Waals surface area (Å²) >= 11 is 3.38. The Labute approximate surface area is 168 Å². The van der Waals surface area contributed by atoms with Crippen molar-refractivity contribution in [2.75, 3.05) is 0 Å². The molecule has 0 unspecified atom stereocenters. The maximum Gasteiger partial charge on any atom is 0.408 e. The van der Waals surface area contributed by atoms with Gasteiger partial charge in [0.2, 0.25) is 0 Å². The van der Waals surface area contributed by atoms with Gasteiger partial charge < -0.3 is 14.8 Å². The van der Waals surface area contributed by atoms with E-state index in [4.69, 9.17) is 9.47 Å². The van der Waals surface area contributed by atoms with Crippen LogP contribution in [0, 0.1) is 0 Å². The van der Waals surface area contributed by atoms with Crippen molar-refractivity contribution in [1.29, 1.82) is 0 Å². The lowest BCUT2D eigenvalue weighted by Crippen LogP contribution is -2.45. The summed E-state index contributed by atoms with van der Waals surface area (Å²) in [5.74, 6) is -0.507. The fraction of sp³-hybridized carbons (Fsp3) is 0.333. The molecule has 2 aromatic carbocycles. The Morgan fingerprint density at radius 3 is 2.22 bits per heavy atom. The number of halogens is 1. The minimum atomic E-state index is -0.843. The maximum absolute atomic E-state index is 12.6. The number of rotatable bonds is 6. The molecule has 0 heterocycles. The van der Waals surface area contributed by atoms with Crippen LogP contribution in [0.2, 0.25) is 0 Å². The van der Waals surface area contributed by atoms with E-state index >= 15 is 0 Å². The fourth-order valence-electron chi connectivity index (χ4n) is 2.33. The number of alkyl carbamates (subject to hydrolysis) is 1. The van der Waals surface area contributed by atoms with Crippen molar-refractivity contribution in [3.63, 3.8) is 0 Å². The molecule has 0 aliphatic heterocycles. The average molecular weight is 434 g/mol. The summed E-state index contributed by atoms with van der Waals surface area (Å²) in [6, 6.07) is 16.1. The third-order valence-electron chi connectivity index (χ3n) is 3.55. The van der Waals surface area contributed by atoms with Gasteiger partial charge in [-0.2, -0.15) is 0 Å². The van der Waals surface area contributed by atoms with E-state index in [2.05, 4.69) is 21.2 Å². The second-order valence-corrected chi connectivity index (χ2v) is 8.04. The number of esters is 1. The van der Waals surface area contributed by atoms with Gasteiger partial charge >= 0.3 is 12.1 Å². The van der Waals surface area contributed by atoms with E-state index in [9.17, 15) is 9.59 Å². The molecule has 0 saturated carbocycles. The number of carbonyl (C=O) groups is 2.